The van der Waals surface area contributed by atoms with Gasteiger partial charge in [-0.05, 0) is 43.5 Å². The van der Waals surface area contributed by atoms with Crippen LogP contribution in [0.4, 0.5) is 0 Å². The molecule has 0 spiro atoms. The van der Waals surface area contributed by atoms with Gasteiger partial charge in [0.2, 0.25) is 5.91 Å². The van der Waals surface area contributed by atoms with Crippen LogP contribution in [-0.2, 0) is 11.3 Å². The third kappa shape index (κ3) is 7.16. The molecule has 1 saturated carbocycles. The number of hydrogen-bond donors (Lipinski definition) is 2. The van der Waals surface area contributed by atoms with E-state index in [0.29, 0.717) is 19.1 Å². The maximum atomic E-state index is 12.1. The molecule has 0 unspecified atom stereocenters. The van der Waals surface area contributed by atoms with Gasteiger partial charge in [-0.3, -0.25) is 14.7 Å². The van der Waals surface area contributed by atoms with Crippen molar-refractivity contribution in [3.8, 4) is 11.3 Å². The molecular weight excluding hydrogens is 515 g/mol. The molecule has 1 aromatic heterocycles. The summed E-state index contributed by atoms with van der Waals surface area (Å²) < 4.78 is 0. The van der Waals surface area contributed by atoms with E-state index in [-0.39, 0.29) is 29.9 Å². The van der Waals surface area contributed by atoms with Gasteiger partial charge in [0, 0.05) is 50.5 Å². The van der Waals surface area contributed by atoms with Crippen molar-refractivity contribution in [2.24, 2.45) is 4.99 Å². The highest BCUT2D eigenvalue weighted by atomic mass is 127. The first-order chi connectivity index (χ1) is 15.2. The van der Waals surface area contributed by atoms with Crippen molar-refractivity contribution in [1.82, 2.24) is 25.4 Å². The fourth-order valence-corrected chi connectivity index (χ4v) is 3.78. The van der Waals surface area contributed by atoms with Gasteiger partial charge < -0.3 is 15.5 Å². The predicted molar refractivity (Wildman–Crippen MR) is 139 cm³/mol. The highest BCUT2D eigenvalue weighted by molar-refractivity contribution is 14.0. The molecule has 1 saturated heterocycles. The van der Waals surface area contributed by atoms with Gasteiger partial charge in [-0.15, -0.1) is 24.0 Å². The highest BCUT2D eigenvalue weighted by Gasteiger charge is 2.25. The number of hydrogen-bond acceptors (Lipinski definition) is 4. The van der Waals surface area contributed by atoms with E-state index in [1.807, 2.05) is 24.4 Å². The number of carbonyl (C=O) groups excluding carboxylic acids is 1. The monoisotopic (exact) mass is 548 g/mol. The zero-order valence-electron chi connectivity index (χ0n) is 18.7. The van der Waals surface area contributed by atoms with E-state index in [2.05, 4.69) is 56.6 Å². The van der Waals surface area contributed by atoms with Crippen LogP contribution >= 0.6 is 24.0 Å². The van der Waals surface area contributed by atoms with Gasteiger partial charge in [0.15, 0.2) is 5.96 Å². The minimum absolute atomic E-state index is 0. The van der Waals surface area contributed by atoms with Gasteiger partial charge in [-0.1, -0.05) is 24.3 Å². The SMILES string of the molecule is CCNC(=NCc1cccc(-c2ccccn2)c1)N1CCN(CC(=O)NC2CC2)CC1.I. The zero-order chi connectivity index (χ0) is 21.5. The Bertz CT molecular complexity index is 894. The largest absolute Gasteiger partial charge is 0.357 e. The maximum absolute atomic E-state index is 12.1. The molecule has 4 rings (SSSR count). The quantitative estimate of drug-likeness (QED) is 0.317. The fourth-order valence-electron chi connectivity index (χ4n) is 3.78. The van der Waals surface area contributed by atoms with Crippen molar-refractivity contribution in [3.63, 3.8) is 0 Å². The topological polar surface area (TPSA) is 72.9 Å². The molecule has 1 aliphatic carbocycles. The molecule has 0 radical (unpaired) electrons. The minimum Gasteiger partial charge on any atom is -0.357 e. The molecule has 7 nitrogen and oxygen atoms in total. The average molecular weight is 548 g/mol. The maximum Gasteiger partial charge on any atom is 0.234 e. The number of carbonyl (C=O) groups is 1. The first-order valence-electron chi connectivity index (χ1n) is 11.3. The second-order valence-electron chi connectivity index (χ2n) is 8.19. The van der Waals surface area contributed by atoms with Crippen molar-refractivity contribution >= 4 is 35.8 Å². The zero-order valence-corrected chi connectivity index (χ0v) is 21.0. The lowest BCUT2D eigenvalue weighted by atomic mass is 10.1. The lowest BCUT2D eigenvalue weighted by molar-refractivity contribution is -0.122. The normalized spacial score (nSPS) is 16.9. The summed E-state index contributed by atoms with van der Waals surface area (Å²) in [6, 6.07) is 14.8. The molecule has 1 amide bonds. The Kier molecular flexibility index (Phi) is 9.28. The van der Waals surface area contributed by atoms with E-state index in [1.54, 1.807) is 0 Å². The number of guanidine groups is 1. The number of piperazine rings is 1. The molecule has 2 heterocycles. The fraction of sp³-hybridized carbons (Fsp3) is 0.458. The number of rotatable bonds is 7. The molecule has 172 valence electrons. The van der Waals surface area contributed by atoms with E-state index < -0.39 is 0 Å². The summed E-state index contributed by atoms with van der Waals surface area (Å²) in [6.45, 7) is 7.53. The van der Waals surface area contributed by atoms with Crippen molar-refractivity contribution in [1.29, 1.82) is 0 Å². The Balaban J connectivity index is 0.00000289. The summed E-state index contributed by atoms with van der Waals surface area (Å²) in [4.78, 5) is 25.9. The highest BCUT2D eigenvalue weighted by Crippen LogP contribution is 2.19. The second kappa shape index (κ2) is 12.2. The van der Waals surface area contributed by atoms with Gasteiger partial charge in [-0.25, -0.2) is 4.99 Å². The number of aliphatic imine (C=N–C) groups is 1. The molecule has 1 aliphatic heterocycles. The van der Waals surface area contributed by atoms with Gasteiger partial charge in [0.05, 0.1) is 18.8 Å². The van der Waals surface area contributed by atoms with Gasteiger partial charge in [0.25, 0.3) is 0 Å². The van der Waals surface area contributed by atoms with Gasteiger partial charge >= 0.3 is 0 Å². The van der Waals surface area contributed by atoms with Crippen LogP contribution in [-0.4, -0.2) is 72.0 Å². The van der Waals surface area contributed by atoms with Crippen LogP contribution in [0.1, 0.15) is 25.3 Å². The smallest absolute Gasteiger partial charge is 0.234 e. The Hall–Kier alpha value is -2.20. The molecule has 0 atom stereocenters. The summed E-state index contributed by atoms with van der Waals surface area (Å²) in [5.74, 6) is 1.09. The Labute approximate surface area is 207 Å². The molecule has 1 aromatic carbocycles. The van der Waals surface area contributed by atoms with Crippen LogP contribution in [0.2, 0.25) is 0 Å². The number of halogens is 1. The van der Waals surface area contributed by atoms with Crippen LogP contribution in [0.5, 0.6) is 0 Å². The number of benzene rings is 1. The van der Waals surface area contributed by atoms with Crippen molar-refractivity contribution in [2.75, 3.05) is 39.3 Å². The Morgan fingerprint density at radius 2 is 1.94 bits per heavy atom. The standard InChI is InChI=1S/C24H32N6O.HI/c1-2-25-24(30-14-12-29(13-15-30)18-23(31)28-21-9-10-21)27-17-19-6-5-7-20(16-19)22-8-3-4-11-26-22;/h3-8,11,16,21H,2,9-10,12-15,17-18H2,1H3,(H,25,27)(H,28,31);1H. The lowest BCUT2D eigenvalue weighted by Crippen LogP contribution is -2.54. The first-order valence-corrected chi connectivity index (χ1v) is 11.3. The Morgan fingerprint density at radius 3 is 2.62 bits per heavy atom. The van der Waals surface area contributed by atoms with Crippen LogP contribution in [0.25, 0.3) is 11.3 Å². The second-order valence-corrected chi connectivity index (χ2v) is 8.19. The summed E-state index contributed by atoms with van der Waals surface area (Å²) in [5.41, 5.74) is 3.24. The first kappa shape index (κ1) is 24.4. The number of amides is 1. The van der Waals surface area contributed by atoms with E-state index in [9.17, 15) is 4.79 Å². The van der Waals surface area contributed by atoms with E-state index in [0.717, 1.165) is 68.3 Å². The molecule has 0 bridgehead atoms. The number of nitrogens with zero attached hydrogens (tertiary/aromatic N) is 4. The average Bonchev–Trinajstić information content (AvgIpc) is 3.62. The van der Waals surface area contributed by atoms with Crippen molar-refractivity contribution < 1.29 is 4.79 Å². The van der Waals surface area contributed by atoms with E-state index in [1.165, 1.54) is 0 Å². The van der Waals surface area contributed by atoms with Crippen LogP contribution in [0.3, 0.4) is 0 Å². The van der Waals surface area contributed by atoms with Crippen molar-refractivity contribution in [2.45, 2.75) is 32.4 Å². The van der Waals surface area contributed by atoms with E-state index in [4.69, 9.17) is 4.99 Å². The number of pyridine rings is 1. The summed E-state index contributed by atoms with van der Waals surface area (Å²) in [7, 11) is 0. The number of nitrogens with one attached hydrogen (secondary N) is 2. The molecule has 2 fully saturated rings. The third-order valence-electron chi connectivity index (χ3n) is 5.62. The van der Waals surface area contributed by atoms with Gasteiger partial charge in [-0.2, -0.15) is 0 Å². The molecular formula is C24H33IN6O. The van der Waals surface area contributed by atoms with Crippen LogP contribution < -0.4 is 10.6 Å². The molecule has 2 N–H and O–H groups in total. The van der Waals surface area contributed by atoms with Gasteiger partial charge in [0.1, 0.15) is 0 Å². The Morgan fingerprint density at radius 1 is 1.12 bits per heavy atom. The molecule has 2 aromatic rings. The lowest BCUT2D eigenvalue weighted by Gasteiger charge is -2.36. The summed E-state index contributed by atoms with van der Waals surface area (Å²) >= 11 is 0. The molecule has 2 aliphatic rings. The summed E-state index contributed by atoms with van der Waals surface area (Å²) in [5, 5.41) is 6.50. The molecule has 8 heteroatoms. The van der Waals surface area contributed by atoms with Crippen molar-refractivity contribution in [3.05, 3.63) is 54.2 Å². The van der Waals surface area contributed by atoms with Crippen LogP contribution in [0.15, 0.2) is 53.7 Å². The molecule has 32 heavy (non-hydrogen) atoms. The minimum atomic E-state index is 0. The predicted octanol–water partition coefficient (Wildman–Crippen LogP) is 2.73. The van der Waals surface area contributed by atoms with Crippen LogP contribution in [0, 0.1) is 0 Å². The summed E-state index contributed by atoms with van der Waals surface area (Å²) in [6.07, 6.45) is 4.08. The number of aromatic nitrogens is 1. The van der Waals surface area contributed by atoms with E-state index >= 15 is 0 Å². The third-order valence-corrected chi connectivity index (χ3v) is 5.62.